The molecule has 0 saturated heterocycles. The Labute approximate surface area is 149 Å². The Kier molecular flexibility index (Phi) is 4.20. The molecular weight excluding hydrogens is 312 g/mol. The first-order valence-electron chi connectivity index (χ1n) is 9.37. The van der Waals surface area contributed by atoms with E-state index in [1.165, 1.54) is 42.4 Å². The fourth-order valence-electron chi connectivity index (χ4n) is 5.03. The van der Waals surface area contributed by atoms with E-state index in [1.54, 1.807) is 19.1 Å². The summed E-state index contributed by atoms with van der Waals surface area (Å²) in [7, 11) is 0. The standard InChI is InChI=1S/C22H26O3/c1-13(23)19-10-15-11-20(14-6-8-16(24)9-7-14)17-4-2-3-5-18(17)21(15)12-22(19)25/h6-10,12-13,17-18,20,23-25H,2-5,11H2,1H3. The van der Waals surface area contributed by atoms with Crippen molar-refractivity contribution in [2.24, 2.45) is 5.92 Å². The summed E-state index contributed by atoms with van der Waals surface area (Å²) in [5, 5.41) is 29.9. The van der Waals surface area contributed by atoms with Crippen LogP contribution in [0.5, 0.6) is 11.5 Å². The van der Waals surface area contributed by atoms with Crippen LogP contribution >= 0.6 is 0 Å². The molecule has 4 atom stereocenters. The minimum atomic E-state index is -0.665. The summed E-state index contributed by atoms with van der Waals surface area (Å²) in [6, 6.07) is 11.6. The van der Waals surface area contributed by atoms with Gasteiger partial charge in [-0.2, -0.15) is 0 Å². The lowest BCUT2D eigenvalue weighted by Crippen LogP contribution is -2.31. The lowest BCUT2D eigenvalue weighted by Gasteiger charge is -2.43. The molecule has 0 spiro atoms. The molecule has 0 bridgehead atoms. The monoisotopic (exact) mass is 338 g/mol. The van der Waals surface area contributed by atoms with E-state index in [-0.39, 0.29) is 5.75 Å². The lowest BCUT2D eigenvalue weighted by molar-refractivity contribution is 0.194. The normalized spacial score (nSPS) is 26.6. The predicted octanol–water partition coefficient (Wildman–Crippen LogP) is 4.76. The second kappa shape index (κ2) is 6.38. The van der Waals surface area contributed by atoms with Gasteiger partial charge in [-0.1, -0.05) is 25.0 Å². The zero-order valence-corrected chi connectivity index (χ0v) is 14.7. The summed E-state index contributed by atoms with van der Waals surface area (Å²) >= 11 is 0. The van der Waals surface area contributed by atoms with Crippen molar-refractivity contribution in [3.63, 3.8) is 0 Å². The van der Waals surface area contributed by atoms with Crippen LogP contribution in [0.15, 0.2) is 36.4 Å². The van der Waals surface area contributed by atoms with Crippen LogP contribution in [-0.2, 0) is 6.42 Å². The molecule has 4 unspecified atom stereocenters. The molecule has 132 valence electrons. The van der Waals surface area contributed by atoms with Crippen LogP contribution in [0.1, 0.15) is 72.8 Å². The molecule has 25 heavy (non-hydrogen) atoms. The van der Waals surface area contributed by atoms with E-state index < -0.39 is 6.10 Å². The first-order valence-corrected chi connectivity index (χ1v) is 9.37. The summed E-state index contributed by atoms with van der Waals surface area (Å²) in [4.78, 5) is 0. The Morgan fingerprint density at radius 3 is 2.40 bits per heavy atom. The molecule has 0 amide bonds. The first kappa shape index (κ1) is 16.5. The van der Waals surface area contributed by atoms with Gasteiger partial charge in [0.05, 0.1) is 6.10 Å². The van der Waals surface area contributed by atoms with Crippen LogP contribution in [0.25, 0.3) is 0 Å². The predicted molar refractivity (Wildman–Crippen MR) is 98.0 cm³/mol. The number of phenols is 2. The lowest BCUT2D eigenvalue weighted by atomic mass is 9.61. The van der Waals surface area contributed by atoms with Gasteiger partial charge in [0, 0.05) is 5.56 Å². The van der Waals surface area contributed by atoms with Crippen LogP contribution in [0, 0.1) is 5.92 Å². The van der Waals surface area contributed by atoms with Crippen LogP contribution in [0.4, 0.5) is 0 Å². The van der Waals surface area contributed by atoms with Gasteiger partial charge in [0.2, 0.25) is 0 Å². The Bertz CT molecular complexity index is 764. The smallest absolute Gasteiger partial charge is 0.121 e. The topological polar surface area (TPSA) is 60.7 Å². The Hall–Kier alpha value is -2.00. The van der Waals surface area contributed by atoms with Crippen molar-refractivity contribution in [1.82, 2.24) is 0 Å². The quantitative estimate of drug-likeness (QED) is 0.739. The SMILES string of the molecule is CC(O)c1cc2c(cc1O)C1CCCCC1C(c1ccc(O)cc1)C2. The van der Waals surface area contributed by atoms with Crippen LogP contribution in [0.2, 0.25) is 0 Å². The highest BCUT2D eigenvalue weighted by Gasteiger charge is 2.39. The minimum Gasteiger partial charge on any atom is -0.508 e. The number of aromatic hydroxyl groups is 2. The molecule has 0 aliphatic heterocycles. The third-order valence-electron chi connectivity index (χ3n) is 6.24. The molecule has 2 aliphatic carbocycles. The molecule has 2 aliphatic rings. The molecule has 0 radical (unpaired) electrons. The van der Waals surface area contributed by atoms with Crippen molar-refractivity contribution in [3.05, 3.63) is 58.7 Å². The summed E-state index contributed by atoms with van der Waals surface area (Å²) in [6.07, 6.45) is 5.15. The Morgan fingerprint density at radius 1 is 0.960 bits per heavy atom. The fraction of sp³-hybridized carbons (Fsp3) is 0.455. The van der Waals surface area contributed by atoms with E-state index in [0.717, 1.165) is 6.42 Å². The van der Waals surface area contributed by atoms with Crippen molar-refractivity contribution in [2.45, 2.75) is 57.0 Å². The number of rotatable bonds is 2. The summed E-state index contributed by atoms with van der Waals surface area (Å²) in [5.41, 5.74) is 4.45. The third kappa shape index (κ3) is 2.91. The molecule has 0 aromatic heterocycles. The molecule has 3 heteroatoms. The van der Waals surface area contributed by atoms with E-state index in [2.05, 4.69) is 0 Å². The number of fused-ring (bicyclic) bond motifs is 3. The maximum atomic E-state index is 10.4. The number of hydrogen-bond donors (Lipinski definition) is 3. The molecule has 1 saturated carbocycles. The van der Waals surface area contributed by atoms with E-state index in [1.807, 2.05) is 24.3 Å². The number of phenolic OH excluding ortho intramolecular Hbond substituents is 2. The fourth-order valence-corrected chi connectivity index (χ4v) is 5.03. The van der Waals surface area contributed by atoms with Gasteiger partial charge in [-0.25, -0.2) is 0 Å². The van der Waals surface area contributed by atoms with Gasteiger partial charge in [-0.3, -0.25) is 0 Å². The van der Waals surface area contributed by atoms with Crippen LogP contribution in [-0.4, -0.2) is 15.3 Å². The molecule has 3 N–H and O–H groups in total. The van der Waals surface area contributed by atoms with Crippen molar-refractivity contribution < 1.29 is 15.3 Å². The highest BCUT2D eigenvalue weighted by Crippen LogP contribution is 2.52. The van der Waals surface area contributed by atoms with E-state index in [9.17, 15) is 15.3 Å². The van der Waals surface area contributed by atoms with E-state index in [0.29, 0.717) is 29.1 Å². The van der Waals surface area contributed by atoms with Gasteiger partial charge >= 0.3 is 0 Å². The minimum absolute atomic E-state index is 0.223. The molecule has 2 aromatic rings. The molecule has 0 heterocycles. The van der Waals surface area contributed by atoms with Crippen molar-refractivity contribution in [2.75, 3.05) is 0 Å². The summed E-state index contributed by atoms with van der Waals surface area (Å²) < 4.78 is 0. The Morgan fingerprint density at radius 2 is 1.68 bits per heavy atom. The maximum Gasteiger partial charge on any atom is 0.121 e. The average molecular weight is 338 g/mol. The van der Waals surface area contributed by atoms with Crippen molar-refractivity contribution in [1.29, 1.82) is 0 Å². The second-order valence-electron chi connectivity index (χ2n) is 7.74. The van der Waals surface area contributed by atoms with Gasteiger partial charge in [0.25, 0.3) is 0 Å². The molecule has 1 fully saturated rings. The zero-order valence-electron chi connectivity index (χ0n) is 14.7. The third-order valence-corrected chi connectivity index (χ3v) is 6.24. The van der Waals surface area contributed by atoms with Crippen LogP contribution < -0.4 is 0 Å². The molecule has 2 aromatic carbocycles. The summed E-state index contributed by atoms with van der Waals surface area (Å²) in [6.45, 7) is 1.70. The Balaban J connectivity index is 1.79. The highest BCUT2D eigenvalue weighted by molar-refractivity contribution is 5.48. The maximum absolute atomic E-state index is 10.4. The van der Waals surface area contributed by atoms with Crippen molar-refractivity contribution in [3.8, 4) is 11.5 Å². The molecule has 3 nitrogen and oxygen atoms in total. The number of aliphatic hydroxyl groups excluding tert-OH is 1. The van der Waals surface area contributed by atoms with Gasteiger partial charge < -0.3 is 15.3 Å². The first-order chi connectivity index (χ1) is 12.0. The van der Waals surface area contributed by atoms with Gasteiger partial charge in [0.15, 0.2) is 0 Å². The molecule has 4 rings (SSSR count). The van der Waals surface area contributed by atoms with E-state index >= 15 is 0 Å². The highest BCUT2D eigenvalue weighted by atomic mass is 16.3. The number of benzene rings is 2. The number of hydrogen-bond acceptors (Lipinski definition) is 3. The zero-order chi connectivity index (χ0) is 17.6. The number of aliphatic hydroxyl groups is 1. The van der Waals surface area contributed by atoms with Gasteiger partial charge in [-0.15, -0.1) is 0 Å². The van der Waals surface area contributed by atoms with Crippen LogP contribution in [0.3, 0.4) is 0 Å². The largest absolute Gasteiger partial charge is 0.508 e. The summed E-state index contributed by atoms with van der Waals surface area (Å²) in [5.74, 6) is 2.03. The molecular formula is C22H26O3. The van der Waals surface area contributed by atoms with Crippen molar-refractivity contribution >= 4 is 0 Å². The van der Waals surface area contributed by atoms with E-state index in [4.69, 9.17) is 0 Å². The van der Waals surface area contributed by atoms with Gasteiger partial charge in [-0.05, 0) is 84.9 Å². The second-order valence-corrected chi connectivity index (χ2v) is 7.74. The van der Waals surface area contributed by atoms with Gasteiger partial charge in [0.1, 0.15) is 11.5 Å². The average Bonchev–Trinajstić information content (AvgIpc) is 2.61.